The number of ether oxygens (including phenoxy) is 1. The molecule has 0 bridgehead atoms. The van der Waals surface area contributed by atoms with Gasteiger partial charge in [-0.1, -0.05) is 12.1 Å². The number of hydrogen-bond donors (Lipinski definition) is 2. The zero-order chi connectivity index (χ0) is 16.1. The number of carbonyl (C=O) groups excluding carboxylic acids is 1. The van der Waals surface area contributed by atoms with Crippen LogP contribution >= 0.6 is 11.3 Å². The molecule has 5 nitrogen and oxygen atoms in total. The summed E-state index contributed by atoms with van der Waals surface area (Å²) in [6, 6.07) is 6.17. The third kappa shape index (κ3) is 4.01. The third-order valence-electron chi connectivity index (χ3n) is 4.14. The first kappa shape index (κ1) is 15.8. The van der Waals surface area contributed by atoms with E-state index in [-0.39, 0.29) is 12.1 Å². The van der Waals surface area contributed by atoms with Gasteiger partial charge in [-0.25, -0.2) is 9.78 Å². The summed E-state index contributed by atoms with van der Waals surface area (Å²) < 4.78 is 5.46. The maximum atomic E-state index is 12.1. The van der Waals surface area contributed by atoms with Crippen molar-refractivity contribution in [3.05, 3.63) is 45.9 Å². The fraction of sp³-hybridized carbons (Fsp3) is 0.412. The zero-order valence-corrected chi connectivity index (χ0v) is 14.0. The van der Waals surface area contributed by atoms with Crippen molar-refractivity contribution in [2.75, 3.05) is 7.11 Å². The average Bonchev–Trinajstić information content (AvgIpc) is 2.99. The molecule has 0 saturated heterocycles. The minimum Gasteiger partial charge on any atom is -0.496 e. The molecule has 1 unspecified atom stereocenters. The molecule has 1 heterocycles. The standard InChI is InChI=1S/C17H21N3O2S/c1-22-16-7-2-4-12-8-13(5-3-6-15(12)16)20-17(21)18-9-14-10-23-11-19-14/h2,4,7,10-11,13H,3,5-6,8-9H2,1H3,(H2,18,20,21). The maximum Gasteiger partial charge on any atom is 0.315 e. The summed E-state index contributed by atoms with van der Waals surface area (Å²) in [6.45, 7) is 0.465. The highest BCUT2D eigenvalue weighted by atomic mass is 32.1. The van der Waals surface area contributed by atoms with Gasteiger partial charge in [0.05, 0.1) is 24.9 Å². The monoisotopic (exact) mass is 331 g/mol. The van der Waals surface area contributed by atoms with Gasteiger partial charge >= 0.3 is 6.03 Å². The van der Waals surface area contributed by atoms with Crippen LogP contribution in [0.5, 0.6) is 5.75 Å². The Morgan fingerprint density at radius 2 is 2.39 bits per heavy atom. The first-order chi connectivity index (χ1) is 11.3. The highest BCUT2D eigenvalue weighted by Gasteiger charge is 2.20. The number of amides is 2. The highest BCUT2D eigenvalue weighted by Crippen LogP contribution is 2.28. The molecule has 0 spiro atoms. The van der Waals surface area contributed by atoms with Crippen LogP contribution in [0, 0.1) is 0 Å². The second-order valence-corrected chi connectivity index (χ2v) is 6.42. The SMILES string of the molecule is COc1cccc2c1CCCC(NC(=O)NCc1cscn1)C2. The number of benzene rings is 1. The molecule has 1 aliphatic carbocycles. The quantitative estimate of drug-likeness (QED) is 0.847. The zero-order valence-electron chi connectivity index (χ0n) is 13.2. The van der Waals surface area contributed by atoms with Crippen LogP contribution < -0.4 is 15.4 Å². The van der Waals surface area contributed by atoms with Crippen LogP contribution in [-0.2, 0) is 19.4 Å². The largest absolute Gasteiger partial charge is 0.496 e. The Bertz CT molecular complexity index is 658. The molecule has 2 aromatic rings. The Labute approximate surface area is 140 Å². The molecule has 1 aromatic carbocycles. The minimum atomic E-state index is -0.130. The van der Waals surface area contributed by atoms with Crippen molar-refractivity contribution >= 4 is 17.4 Å². The van der Waals surface area contributed by atoms with Gasteiger partial charge in [-0.3, -0.25) is 0 Å². The lowest BCUT2D eigenvalue weighted by Gasteiger charge is -2.17. The van der Waals surface area contributed by atoms with Crippen molar-refractivity contribution in [1.29, 1.82) is 0 Å². The number of carbonyl (C=O) groups is 1. The van der Waals surface area contributed by atoms with Crippen LogP contribution in [0.25, 0.3) is 0 Å². The summed E-state index contributed by atoms with van der Waals surface area (Å²) in [5, 5.41) is 7.89. The molecule has 3 rings (SSSR count). The number of aromatic nitrogens is 1. The van der Waals surface area contributed by atoms with Gasteiger partial charge in [0.2, 0.25) is 0 Å². The Morgan fingerprint density at radius 3 is 3.17 bits per heavy atom. The summed E-state index contributed by atoms with van der Waals surface area (Å²) in [5.41, 5.74) is 5.21. The van der Waals surface area contributed by atoms with Crippen LogP contribution in [-0.4, -0.2) is 24.2 Å². The number of thiazole rings is 1. The van der Waals surface area contributed by atoms with Gasteiger partial charge in [0.1, 0.15) is 5.75 Å². The molecule has 1 aliphatic rings. The lowest BCUT2D eigenvalue weighted by Crippen LogP contribution is -2.42. The first-order valence-electron chi connectivity index (χ1n) is 7.82. The molecule has 0 aliphatic heterocycles. The van der Waals surface area contributed by atoms with Crippen LogP contribution in [0.4, 0.5) is 4.79 Å². The molecule has 122 valence electrons. The molecule has 23 heavy (non-hydrogen) atoms. The minimum absolute atomic E-state index is 0.130. The van der Waals surface area contributed by atoms with Gasteiger partial charge < -0.3 is 15.4 Å². The van der Waals surface area contributed by atoms with Crippen molar-refractivity contribution < 1.29 is 9.53 Å². The Hall–Kier alpha value is -2.08. The van der Waals surface area contributed by atoms with Gasteiger partial charge in [0.25, 0.3) is 0 Å². The molecule has 1 aromatic heterocycles. The summed E-state index contributed by atoms with van der Waals surface area (Å²) in [6.07, 6.45) is 3.86. The fourth-order valence-corrected chi connectivity index (χ4v) is 3.58. The van der Waals surface area contributed by atoms with E-state index >= 15 is 0 Å². The number of methoxy groups -OCH3 is 1. The van der Waals surface area contributed by atoms with Gasteiger partial charge in [-0.05, 0) is 42.9 Å². The van der Waals surface area contributed by atoms with E-state index in [9.17, 15) is 4.79 Å². The molecular weight excluding hydrogens is 310 g/mol. The van der Waals surface area contributed by atoms with E-state index in [2.05, 4.69) is 21.7 Å². The van der Waals surface area contributed by atoms with Crippen LogP contribution in [0.1, 0.15) is 29.7 Å². The van der Waals surface area contributed by atoms with E-state index in [0.717, 1.165) is 37.1 Å². The van der Waals surface area contributed by atoms with E-state index in [0.29, 0.717) is 6.54 Å². The van der Waals surface area contributed by atoms with Gasteiger partial charge in [-0.15, -0.1) is 11.3 Å². The number of urea groups is 1. The molecule has 0 fully saturated rings. The summed E-state index contributed by atoms with van der Waals surface area (Å²) in [4.78, 5) is 16.2. The predicted molar refractivity (Wildman–Crippen MR) is 90.9 cm³/mol. The smallest absolute Gasteiger partial charge is 0.315 e. The van der Waals surface area contributed by atoms with E-state index in [1.54, 1.807) is 12.6 Å². The van der Waals surface area contributed by atoms with Crippen LogP contribution in [0.15, 0.2) is 29.1 Å². The van der Waals surface area contributed by atoms with E-state index in [1.165, 1.54) is 22.5 Å². The van der Waals surface area contributed by atoms with Crippen molar-refractivity contribution in [3.63, 3.8) is 0 Å². The lowest BCUT2D eigenvalue weighted by atomic mass is 10.0. The Kier molecular flexibility index (Phi) is 5.12. The third-order valence-corrected chi connectivity index (χ3v) is 4.78. The normalized spacial score (nSPS) is 17.0. The maximum absolute atomic E-state index is 12.1. The number of hydrogen-bond acceptors (Lipinski definition) is 4. The van der Waals surface area contributed by atoms with Gasteiger partial charge in [0, 0.05) is 11.4 Å². The van der Waals surface area contributed by atoms with Crippen molar-refractivity contribution in [2.45, 2.75) is 38.3 Å². The second-order valence-electron chi connectivity index (χ2n) is 5.70. The van der Waals surface area contributed by atoms with E-state index < -0.39 is 0 Å². The molecule has 2 amide bonds. The Morgan fingerprint density at radius 1 is 1.48 bits per heavy atom. The number of nitrogens with zero attached hydrogens (tertiary/aromatic N) is 1. The van der Waals surface area contributed by atoms with Crippen LogP contribution in [0.3, 0.4) is 0 Å². The fourth-order valence-electron chi connectivity index (χ4n) is 3.03. The van der Waals surface area contributed by atoms with Crippen molar-refractivity contribution in [2.24, 2.45) is 0 Å². The van der Waals surface area contributed by atoms with E-state index in [4.69, 9.17) is 4.74 Å². The lowest BCUT2D eigenvalue weighted by molar-refractivity contribution is 0.235. The molecule has 2 N–H and O–H groups in total. The topological polar surface area (TPSA) is 63.2 Å². The summed E-state index contributed by atoms with van der Waals surface area (Å²) in [5.74, 6) is 0.955. The molecule has 0 saturated carbocycles. The number of rotatable bonds is 4. The van der Waals surface area contributed by atoms with Crippen molar-refractivity contribution in [3.8, 4) is 5.75 Å². The first-order valence-corrected chi connectivity index (χ1v) is 8.76. The average molecular weight is 331 g/mol. The highest BCUT2D eigenvalue weighted by molar-refractivity contribution is 7.07. The van der Waals surface area contributed by atoms with Crippen LogP contribution in [0.2, 0.25) is 0 Å². The molecule has 1 atom stereocenters. The number of fused-ring (bicyclic) bond motifs is 1. The van der Waals surface area contributed by atoms with Gasteiger partial charge in [-0.2, -0.15) is 0 Å². The summed E-state index contributed by atoms with van der Waals surface area (Å²) in [7, 11) is 1.71. The molecule has 6 heteroatoms. The molecule has 0 radical (unpaired) electrons. The van der Waals surface area contributed by atoms with E-state index in [1.807, 2.05) is 17.5 Å². The van der Waals surface area contributed by atoms with Gasteiger partial charge in [0.15, 0.2) is 0 Å². The molecular formula is C17H21N3O2S. The predicted octanol–water partition coefficient (Wildman–Crippen LogP) is 2.90. The second kappa shape index (κ2) is 7.46. The number of nitrogens with one attached hydrogen (secondary N) is 2. The summed E-state index contributed by atoms with van der Waals surface area (Å²) >= 11 is 1.53. The van der Waals surface area contributed by atoms with Crippen molar-refractivity contribution in [1.82, 2.24) is 15.6 Å². The Balaban J connectivity index is 1.59.